The topological polar surface area (TPSA) is 66.5 Å². The van der Waals surface area contributed by atoms with E-state index in [1.165, 1.54) is 12.1 Å². The van der Waals surface area contributed by atoms with E-state index in [1.54, 1.807) is 23.0 Å². The van der Waals surface area contributed by atoms with Gasteiger partial charge < -0.3 is 19.5 Å². The first-order chi connectivity index (χ1) is 15.0. The van der Waals surface area contributed by atoms with Crippen molar-refractivity contribution in [1.29, 1.82) is 0 Å². The van der Waals surface area contributed by atoms with Gasteiger partial charge in [-0.2, -0.15) is 5.10 Å². The molecule has 0 saturated carbocycles. The molecule has 2 aromatic heterocycles. The van der Waals surface area contributed by atoms with Crippen LogP contribution in [0.25, 0.3) is 0 Å². The quantitative estimate of drug-likeness (QED) is 0.629. The third-order valence-electron chi connectivity index (χ3n) is 5.73. The molecule has 164 valence electrons. The van der Waals surface area contributed by atoms with E-state index in [0.717, 1.165) is 44.0 Å². The Balaban J connectivity index is 1.45. The molecule has 8 heteroatoms. The van der Waals surface area contributed by atoms with Crippen molar-refractivity contribution in [3.8, 4) is 0 Å². The van der Waals surface area contributed by atoms with Crippen LogP contribution in [0.2, 0.25) is 0 Å². The summed E-state index contributed by atoms with van der Waals surface area (Å²) in [6, 6.07) is 9.67. The smallest absolute Gasteiger partial charge is 0.287 e. The molecule has 1 saturated heterocycles. The van der Waals surface area contributed by atoms with Crippen LogP contribution in [0, 0.1) is 5.82 Å². The maximum absolute atomic E-state index is 14.1. The molecule has 3 aromatic rings. The summed E-state index contributed by atoms with van der Waals surface area (Å²) in [5, 5.41) is 7.09. The molecule has 1 aliphatic heterocycles. The van der Waals surface area contributed by atoms with Gasteiger partial charge in [0.15, 0.2) is 5.76 Å². The Hall–Kier alpha value is -3.13. The van der Waals surface area contributed by atoms with Crippen LogP contribution < -0.4 is 10.2 Å². The minimum absolute atomic E-state index is 0.225. The minimum atomic E-state index is -0.373. The number of nitrogens with zero attached hydrogens (tertiary/aromatic N) is 4. The number of halogens is 1. The molecule has 31 heavy (non-hydrogen) atoms. The fraction of sp³-hybridized carbons (Fsp3) is 0.391. The summed E-state index contributed by atoms with van der Waals surface area (Å²) < 4.78 is 21.5. The maximum Gasteiger partial charge on any atom is 0.287 e. The number of carbonyl (C=O) groups excluding carboxylic acids is 1. The monoisotopic (exact) mass is 425 g/mol. The average molecular weight is 426 g/mol. The number of furan rings is 1. The summed E-state index contributed by atoms with van der Waals surface area (Å²) in [7, 11) is 0. The molecule has 0 aliphatic carbocycles. The van der Waals surface area contributed by atoms with Crippen LogP contribution in [0.5, 0.6) is 0 Å². The summed E-state index contributed by atoms with van der Waals surface area (Å²) in [5.74, 6) is 0.224. The lowest BCUT2D eigenvalue weighted by Crippen LogP contribution is -2.46. The van der Waals surface area contributed by atoms with E-state index in [9.17, 15) is 9.18 Å². The van der Waals surface area contributed by atoms with E-state index in [1.807, 2.05) is 25.3 Å². The number of benzene rings is 1. The number of hydrogen-bond donors (Lipinski definition) is 1. The molecule has 1 atom stereocenters. The van der Waals surface area contributed by atoms with Crippen molar-refractivity contribution in [2.75, 3.05) is 37.6 Å². The number of aromatic nitrogens is 2. The van der Waals surface area contributed by atoms with Crippen LogP contribution in [-0.4, -0.2) is 53.3 Å². The zero-order valence-electron chi connectivity index (χ0n) is 17.9. The number of amides is 1. The third kappa shape index (κ3) is 4.96. The first-order valence-corrected chi connectivity index (χ1v) is 10.7. The average Bonchev–Trinajstić information content (AvgIpc) is 3.46. The van der Waals surface area contributed by atoms with Crippen molar-refractivity contribution in [2.45, 2.75) is 26.4 Å². The molecule has 1 aromatic carbocycles. The molecule has 1 N–H and O–H groups in total. The van der Waals surface area contributed by atoms with E-state index < -0.39 is 0 Å². The molecule has 0 bridgehead atoms. The lowest BCUT2D eigenvalue weighted by Gasteiger charge is -2.37. The molecule has 0 spiro atoms. The van der Waals surface area contributed by atoms with Crippen molar-refractivity contribution in [3.05, 3.63) is 71.7 Å². The van der Waals surface area contributed by atoms with Crippen molar-refractivity contribution < 1.29 is 13.6 Å². The molecule has 1 amide bonds. The Morgan fingerprint density at radius 1 is 1.23 bits per heavy atom. The van der Waals surface area contributed by atoms with E-state index >= 15 is 0 Å². The highest BCUT2D eigenvalue weighted by Gasteiger charge is 2.23. The Morgan fingerprint density at radius 2 is 2.03 bits per heavy atom. The zero-order chi connectivity index (χ0) is 21.8. The second-order valence-electron chi connectivity index (χ2n) is 7.79. The Bertz CT molecular complexity index is 1010. The number of carbonyl (C=O) groups is 1. The number of anilines is 1. The summed E-state index contributed by atoms with van der Waals surface area (Å²) in [6.07, 6.45) is 3.52. The van der Waals surface area contributed by atoms with Crippen LogP contribution in [0.15, 0.2) is 53.2 Å². The summed E-state index contributed by atoms with van der Waals surface area (Å²) >= 11 is 0. The number of rotatable bonds is 7. The highest BCUT2D eigenvalue weighted by molar-refractivity contribution is 5.91. The number of nitrogens with one attached hydrogen (secondary N) is 1. The van der Waals surface area contributed by atoms with Gasteiger partial charge in [0, 0.05) is 49.8 Å². The van der Waals surface area contributed by atoms with Gasteiger partial charge in [-0.3, -0.25) is 9.48 Å². The van der Waals surface area contributed by atoms with Crippen LogP contribution in [0.3, 0.4) is 0 Å². The van der Waals surface area contributed by atoms with Gasteiger partial charge in [0.2, 0.25) is 0 Å². The van der Waals surface area contributed by atoms with Gasteiger partial charge in [0.1, 0.15) is 11.6 Å². The van der Waals surface area contributed by atoms with Crippen molar-refractivity contribution >= 4 is 11.6 Å². The first-order valence-electron chi connectivity index (χ1n) is 10.7. The minimum Gasteiger partial charge on any atom is -0.454 e. The van der Waals surface area contributed by atoms with Crippen molar-refractivity contribution in [1.82, 2.24) is 20.0 Å². The SMILES string of the molecule is CCN1CCN(c2ccc(F)cc2C(C)NC(=O)c2ccc(Cn3cccn3)o2)CC1. The molecule has 1 fully saturated rings. The largest absolute Gasteiger partial charge is 0.454 e. The molecule has 1 unspecified atom stereocenters. The highest BCUT2D eigenvalue weighted by atomic mass is 19.1. The van der Waals surface area contributed by atoms with Gasteiger partial charge in [-0.15, -0.1) is 0 Å². The standard InChI is InChI=1S/C23H28FN5O2/c1-3-27-11-13-28(14-12-27)21-7-5-18(24)15-20(21)17(2)26-23(30)22-8-6-19(31-22)16-29-10-4-9-25-29/h4-10,15,17H,3,11-14,16H2,1-2H3,(H,26,30). The van der Waals surface area contributed by atoms with Crippen LogP contribution in [0.4, 0.5) is 10.1 Å². The van der Waals surface area contributed by atoms with Gasteiger partial charge >= 0.3 is 0 Å². The molecule has 4 rings (SSSR count). The molecular weight excluding hydrogens is 397 g/mol. The normalized spacial score (nSPS) is 15.8. The number of hydrogen-bond acceptors (Lipinski definition) is 5. The van der Waals surface area contributed by atoms with Crippen molar-refractivity contribution in [3.63, 3.8) is 0 Å². The van der Waals surface area contributed by atoms with Crippen molar-refractivity contribution in [2.24, 2.45) is 0 Å². The second-order valence-corrected chi connectivity index (χ2v) is 7.79. The van der Waals surface area contributed by atoms with E-state index in [0.29, 0.717) is 12.3 Å². The predicted octanol–water partition coefficient (Wildman–Crippen LogP) is 3.30. The molecule has 7 nitrogen and oxygen atoms in total. The molecule has 0 radical (unpaired) electrons. The van der Waals surface area contributed by atoms with Crippen LogP contribution in [-0.2, 0) is 6.54 Å². The van der Waals surface area contributed by atoms with E-state index in [2.05, 4.69) is 27.1 Å². The van der Waals surface area contributed by atoms with Crippen LogP contribution >= 0.6 is 0 Å². The number of piperazine rings is 1. The Kier molecular flexibility index (Phi) is 6.36. The fourth-order valence-corrected chi connectivity index (χ4v) is 3.95. The van der Waals surface area contributed by atoms with Gasteiger partial charge in [0.25, 0.3) is 5.91 Å². The fourth-order valence-electron chi connectivity index (χ4n) is 3.95. The Morgan fingerprint density at radius 3 is 2.74 bits per heavy atom. The van der Waals surface area contributed by atoms with E-state index in [4.69, 9.17) is 4.42 Å². The predicted molar refractivity (Wildman–Crippen MR) is 117 cm³/mol. The van der Waals surface area contributed by atoms with E-state index in [-0.39, 0.29) is 23.5 Å². The Labute approximate surface area is 181 Å². The number of likely N-dealkylation sites (N-methyl/N-ethyl adjacent to an activating group) is 1. The third-order valence-corrected chi connectivity index (χ3v) is 5.73. The molecule has 3 heterocycles. The van der Waals surface area contributed by atoms with Gasteiger partial charge in [0.05, 0.1) is 12.6 Å². The lowest BCUT2D eigenvalue weighted by atomic mass is 10.0. The van der Waals surface area contributed by atoms with Crippen LogP contribution in [0.1, 0.15) is 41.8 Å². The zero-order valence-corrected chi connectivity index (χ0v) is 17.9. The first kappa shape index (κ1) is 21.1. The molecular formula is C23H28FN5O2. The highest BCUT2D eigenvalue weighted by Crippen LogP contribution is 2.28. The molecule has 1 aliphatic rings. The second kappa shape index (κ2) is 9.34. The summed E-state index contributed by atoms with van der Waals surface area (Å²) in [6.45, 7) is 9.21. The summed E-state index contributed by atoms with van der Waals surface area (Å²) in [5.41, 5.74) is 1.73. The van der Waals surface area contributed by atoms with Gasteiger partial charge in [-0.1, -0.05) is 6.92 Å². The maximum atomic E-state index is 14.1. The van der Waals surface area contributed by atoms with Gasteiger partial charge in [-0.25, -0.2) is 4.39 Å². The summed E-state index contributed by atoms with van der Waals surface area (Å²) in [4.78, 5) is 17.4. The van der Waals surface area contributed by atoms with Gasteiger partial charge in [-0.05, 0) is 49.9 Å². The lowest BCUT2D eigenvalue weighted by molar-refractivity contribution is 0.0909.